The first kappa shape index (κ1) is 17.7. The Bertz CT molecular complexity index is 722. The molecule has 3 heterocycles. The summed E-state index contributed by atoms with van der Waals surface area (Å²) >= 11 is 0. The highest BCUT2D eigenvalue weighted by Gasteiger charge is 2.47. The van der Waals surface area contributed by atoms with Gasteiger partial charge in [0.05, 0.1) is 24.5 Å². The number of rotatable bonds is 5. The van der Waals surface area contributed by atoms with Gasteiger partial charge in [-0.05, 0) is 31.7 Å². The number of nitrogens with zero attached hydrogens (tertiary/aromatic N) is 3. The number of likely N-dealkylation sites (tertiary alicyclic amines) is 1. The molecule has 0 amide bonds. The lowest BCUT2D eigenvalue weighted by Gasteiger charge is -2.44. The number of piperidine rings is 1. The van der Waals surface area contributed by atoms with Crippen LogP contribution in [0.1, 0.15) is 36.1 Å². The summed E-state index contributed by atoms with van der Waals surface area (Å²) in [4.78, 5) is 2.49. The molecule has 140 valence electrons. The van der Waals surface area contributed by atoms with Gasteiger partial charge in [-0.15, -0.1) is 0 Å². The van der Waals surface area contributed by atoms with E-state index in [1.54, 1.807) is 0 Å². The van der Waals surface area contributed by atoms with Gasteiger partial charge in [0.25, 0.3) is 0 Å². The van der Waals surface area contributed by atoms with Gasteiger partial charge in [0, 0.05) is 44.5 Å². The minimum Gasteiger partial charge on any atom is -0.372 e. The lowest BCUT2D eigenvalue weighted by Crippen LogP contribution is -2.56. The third-order valence-electron chi connectivity index (χ3n) is 6.02. The molecular formula is C21H29N3O2. The summed E-state index contributed by atoms with van der Waals surface area (Å²) in [7, 11) is 2.00. The second-order valence-electron chi connectivity index (χ2n) is 7.67. The van der Waals surface area contributed by atoms with E-state index in [0.29, 0.717) is 6.61 Å². The SMILES string of the molecule is Cc1c(CN2CC[C@@]3(CCCO3)[C@@H](OCc3ccccc3)C2)cnn1C. The van der Waals surface area contributed by atoms with Crippen LogP contribution < -0.4 is 0 Å². The molecule has 1 aromatic carbocycles. The Morgan fingerprint density at radius 1 is 1.27 bits per heavy atom. The molecule has 0 radical (unpaired) electrons. The molecule has 5 nitrogen and oxygen atoms in total. The van der Waals surface area contributed by atoms with Crippen molar-refractivity contribution in [3.05, 3.63) is 53.3 Å². The molecule has 0 aliphatic carbocycles. The first-order valence-corrected chi connectivity index (χ1v) is 9.66. The van der Waals surface area contributed by atoms with Crippen molar-refractivity contribution in [3.63, 3.8) is 0 Å². The van der Waals surface area contributed by atoms with Crippen LogP contribution in [-0.2, 0) is 29.7 Å². The van der Waals surface area contributed by atoms with Gasteiger partial charge in [-0.25, -0.2) is 0 Å². The Morgan fingerprint density at radius 3 is 2.81 bits per heavy atom. The second kappa shape index (κ2) is 7.51. The quantitative estimate of drug-likeness (QED) is 0.826. The molecule has 2 saturated heterocycles. The van der Waals surface area contributed by atoms with Gasteiger partial charge in [-0.3, -0.25) is 9.58 Å². The lowest BCUT2D eigenvalue weighted by molar-refractivity contribution is -0.159. The molecule has 0 saturated carbocycles. The molecule has 0 unspecified atom stereocenters. The highest BCUT2D eigenvalue weighted by molar-refractivity contribution is 5.16. The Hall–Kier alpha value is -1.69. The standard InChI is InChI=1S/C21H29N3O2/c1-17-19(13-22-23(17)2)14-24-11-10-21(9-6-12-26-21)20(15-24)25-16-18-7-4-3-5-8-18/h3-5,7-8,13,20H,6,9-12,14-16H2,1-2H3/t20-,21-/m0/s1. The van der Waals surface area contributed by atoms with Crippen molar-refractivity contribution in [1.82, 2.24) is 14.7 Å². The summed E-state index contributed by atoms with van der Waals surface area (Å²) in [6.45, 7) is 6.56. The van der Waals surface area contributed by atoms with Gasteiger partial charge in [-0.1, -0.05) is 30.3 Å². The van der Waals surface area contributed by atoms with Crippen LogP contribution in [-0.4, -0.2) is 46.1 Å². The van der Waals surface area contributed by atoms with E-state index in [1.807, 2.05) is 24.0 Å². The lowest BCUT2D eigenvalue weighted by atomic mass is 9.85. The predicted octanol–water partition coefficient (Wildman–Crippen LogP) is 3.07. The first-order chi connectivity index (χ1) is 12.7. The van der Waals surface area contributed by atoms with E-state index in [0.717, 1.165) is 45.5 Å². The van der Waals surface area contributed by atoms with Crippen molar-refractivity contribution in [1.29, 1.82) is 0 Å². The number of ether oxygens (including phenoxy) is 2. The Morgan fingerprint density at radius 2 is 2.12 bits per heavy atom. The highest BCUT2D eigenvalue weighted by atomic mass is 16.6. The van der Waals surface area contributed by atoms with Crippen LogP contribution in [0.5, 0.6) is 0 Å². The van der Waals surface area contributed by atoms with Crippen molar-refractivity contribution in [2.45, 2.75) is 51.0 Å². The zero-order chi connectivity index (χ0) is 18.0. The molecule has 2 fully saturated rings. The molecule has 2 aromatic rings. The minimum absolute atomic E-state index is 0.0880. The van der Waals surface area contributed by atoms with Gasteiger partial charge < -0.3 is 9.47 Å². The number of aromatic nitrogens is 2. The van der Waals surface area contributed by atoms with Crippen LogP contribution in [0.3, 0.4) is 0 Å². The molecule has 2 aliphatic rings. The molecule has 0 N–H and O–H groups in total. The van der Waals surface area contributed by atoms with Crippen LogP contribution in [0.15, 0.2) is 36.5 Å². The fraction of sp³-hybridized carbons (Fsp3) is 0.571. The van der Waals surface area contributed by atoms with E-state index in [4.69, 9.17) is 9.47 Å². The summed E-state index contributed by atoms with van der Waals surface area (Å²) in [6, 6.07) is 10.4. The largest absolute Gasteiger partial charge is 0.372 e. The fourth-order valence-corrected chi connectivity index (χ4v) is 4.23. The molecule has 2 atom stereocenters. The van der Waals surface area contributed by atoms with Crippen LogP contribution in [0.2, 0.25) is 0 Å². The maximum absolute atomic E-state index is 6.42. The van der Waals surface area contributed by atoms with E-state index in [2.05, 4.69) is 41.2 Å². The fourth-order valence-electron chi connectivity index (χ4n) is 4.23. The first-order valence-electron chi connectivity index (χ1n) is 9.66. The number of hydrogen-bond acceptors (Lipinski definition) is 4. The third kappa shape index (κ3) is 3.56. The molecule has 1 spiro atoms. The number of benzene rings is 1. The molecule has 5 heteroatoms. The van der Waals surface area contributed by atoms with Crippen LogP contribution in [0.25, 0.3) is 0 Å². The Kier molecular flexibility index (Phi) is 5.11. The summed E-state index contributed by atoms with van der Waals surface area (Å²) < 4.78 is 14.6. The zero-order valence-corrected chi connectivity index (χ0v) is 15.9. The van der Waals surface area contributed by atoms with E-state index in [-0.39, 0.29) is 11.7 Å². The van der Waals surface area contributed by atoms with Crippen LogP contribution >= 0.6 is 0 Å². The average molecular weight is 355 g/mol. The van der Waals surface area contributed by atoms with Crippen LogP contribution in [0, 0.1) is 6.92 Å². The monoisotopic (exact) mass is 355 g/mol. The summed E-state index contributed by atoms with van der Waals surface area (Å²) in [5, 5.41) is 4.38. The molecule has 2 aliphatic heterocycles. The number of aryl methyl sites for hydroxylation is 1. The summed E-state index contributed by atoms with van der Waals surface area (Å²) in [5.74, 6) is 0. The second-order valence-corrected chi connectivity index (χ2v) is 7.67. The molecule has 4 rings (SSSR count). The average Bonchev–Trinajstić information content (AvgIpc) is 3.26. The predicted molar refractivity (Wildman–Crippen MR) is 101 cm³/mol. The van der Waals surface area contributed by atoms with E-state index in [9.17, 15) is 0 Å². The van der Waals surface area contributed by atoms with Gasteiger partial charge >= 0.3 is 0 Å². The Labute approximate surface area is 155 Å². The zero-order valence-electron chi connectivity index (χ0n) is 15.9. The van der Waals surface area contributed by atoms with Gasteiger partial charge in [-0.2, -0.15) is 5.10 Å². The van der Waals surface area contributed by atoms with Crippen molar-refractivity contribution in [3.8, 4) is 0 Å². The van der Waals surface area contributed by atoms with Gasteiger partial charge in [0.2, 0.25) is 0 Å². The smallest absolute Gasteiger partial charge is 0.0996 e. The highest BCUT2D eigenvalue weighted by Crippen LogP contribution is 2.38. The van der Waals surface area contributed by atoms with Crippen molar-refractivity contribution in [2.24, 2.45) is 7.05 Å². The minimum atomic E-state index is -0.0880. The van der Waals surface area contributed by atoms with Crippen molar-refractivity contribution >= 4 is 0 Å². The maximum Gasteiger partial charge on any atom is 0.0996 e. The molecular weight excluding hydrogens is 326 g/mol. The van der Waals surface area contributed by atoms with Gasteiger partial charge in [0.1, 0.15) is 0 Å². The van der Waals surface area contributed by atoms with Crippen LogP contribution in [0.4, 0.5) is 0 Å². The number of hydrogen-bond donors (Lipinski definition) is 0. The molecule has 1 aromatic heterocycles. The third-order valence-corrected chi connectivity index (χ3v) is 6.02. The Balaban J connectivity index is 1.45. The molecule has 26 heavy (non-hydrogen) atoms. The maximum atomic E-state index is 6.42. The van der Waals surface area contributed by atoms with Crippen molar-refractivity contribution < 1.29 is 9.47 Å². The topological polar surface area (TPSA) is 39.5 Å². The molecule has 0 bridgehead atoms. The van der Waals surface area contributed by atoms with E-state index >= 15 is 0 Å². The normalized spacial score (nSPS) is 26.6. The van der Waals surface area contributed by atoms with Gasteiger partial charge in [0.15, 0.2) is 0 Å². The van der Waals surface area contributed by atoms with Crippen molar-refractivity contribution in [2.75, 3.05) is 19.7 Å². The summed E-state index contributed by atoms with van der Waals surface area (Å²) in [6.07, 6.45) is 5.42. The van der Waals surface area contributed by atoms with E-state index in [1.165, 1.54) is 16.8 Å². The summed E-state index contributed by atoms with van der Waals surface area (Å²) in [5.41, 5.74) is 3.68. The van der Waals surface area contributed by atoms with E-state index < -0.39 is 0 Å².